The van der Waals surface area contributed by atoms with Gasteiger partial charge in [-0.15, -0.1) is 11.3 Å². The van der Waals surface area contributed by atoms with Crippen molar-refractivity contribution < 1.29 is 9.53 Å². The average Bonchev–Trinajstić information content (AvgIpc) is 2.70. The van der Waals surface area contributed by atoms with E-state index in [1.54, 1.807) is 0 Å². The molecule has 1 aromatic rings. The number of esters is 1. The highest BCUT2D eigenvalue weighted by Gasteiger charge is 2.31. The van der Waals surface area contributed by atoms with E-state index in [-0.39, 0.29) is 12.0 Å². The molecule has 0 aliphatic carbocycles. The molecule has 18 heavy (non-hydrogen) atoms. The SMILES string of the molecule is COC(=O)C(c1cc(Br)c(Cl)s1)N1CCNCC1. The minimum Gasteiger partial charge on any atom is -0.468 e. The Morgan fingerprint density at radius 1 is 1.61 bits per heavy atom. The zero-order chi connectivity index (χ0) is 13.1. The summed E-state index contributed by atoms with van der Waals surface area (Å²) in [7, 11) is 1.42. The second kappa shape index (κ2) is 6.34. The highest BCUT2D eigenvalue weighted by molar-refractivity contribution is 9.10. The number of rotatable bonds is 3. The molecule has 0 spiro atoms. The van der Waals surface area contributed by atoms with Crippen molar-refractivity contribution in [2.45, 2.75) is 6.04 Å². The topological polar surface area (TPSA) is 41.6 Å². The summed E-state index contributed by atoms with van der Waals surface area (Å²) in [5, 5.41) is 3.27. The molecular formula is C11H14BrClN2O2S. The van der Waals surface area contributed by atoms with Gasteiger partial charge in [0.1, 0.15) is 10.4 Å². The van der Waals surface area contributed by atoms with Crippen molar-refractivity contribution in [3.63, 3.8) is 0 Å². The number of carbonyl (C=O) groups excluding carboxylic acids is 1. The van der Waals surface area contributed by atoms with Gasteiger partial charge in [-0.1, -0.05) is 11.6 Å². The third-order valence-corrected chi connectivity index (χ3v) is 5.40. The third kappa shape index (κ3) is 3.05. The van der Waals surface area contributed by atoms with Gasteiger partial charge in [0, 0.05) is 35.5 Å². The van der Waals surface area contributed by atoms with Gasteiger partial charge in [-0.05, 0) is 22.0 Å². The summed E-state index contributed by atoms with van der Waals surface area (Å²) in [4.78, 5) is 15.0. The Morgan fingerprint density at radius 3 is 2.78 bits per heavy atom. The Balaban J connectivity index is 2.26. The van der Waals surface area contributed by atoms with Gasteiger partial charge in [0.2, 0.25) is 0 Å². The molecule has 2 rings (SSSR count). The first kappa shape index (κ1) is 14.3. The number of nitrogens with zero attached hydrogens (tertiary/aromatic N) is 1. The third-order valence-electron chi connectivity index (χ3n) is 2.87. The number of thiophene rings is 1. The first-order valence-corrected chi connectivity index (χ1v) is 7.59. The Hall–Kier alpha value is -0.140. The highest BCUT2D eigenvalue weighted by Crippen LogP contribution is 2.37. The Kier molecular flexibility index (Phi) is 5.03. The van der Waals surface area contributed by atoms with Crippen molar-refractivity contribution in [3.05, 3.63) is 19.8 Å². The molecule has 1 N–H and O–H groups in total. The van der Waals surface area contributed by atoms with E-state index in [9.17, 15) is 4.79 Å². The number of methoxy groups -OCH3 is 1. The van der Waals surface area contributed by atoms with Crippen molar-refractivity contribution in [1.29, 1.82) is 0 Å². The van der Waals surface area contributed by atoms with Gasteiger partial charge in [0.25, 0.3) is 0 Å². The van der Waals surface area contributed by atoms with E-state index < -0.39 is 0 Å². The van der Waals surface area contributed by atoms with Crippen molar-refractivity contribution in [3.8, 4) is 0 Å². The fraction of sp³-hybridized carbons (Fsp3) is 0.545. The summed E-state index contributed by atoms with van der Waals surface area (Å²) in [5.41, 5.74) is 0. The molecule has 1 aliphatic rings. The molecular weight excluding hydrogens is 340 g/mol. The largest absolute Gasteiger partial charge is 0.468 e. The number of nitrogens with one attached hydrogen (secondary N) is 1. The van der Waals surface area contributed by atoms with Crippen LogP contribution < -0.4 is 5.32 Å². The van der Waals surface area contributed by atoms with Gasteiger partial charge in [0.05, 0.1) is 7.11 Å². The molecule has 1 atom stereocenters. The van der Waals surface area contributed by atoms with Gasteiger partial charge < -0.3 is 10.1 Å². The van der Waals surface area contributed by atoms with Crippen LogP contribution in [0.15, 0.2) is 10.5 Å². The first-order chi connectivity index (χ1) is 8.63. The Labute approximate surface area is 123 Å². The van der Waals surface area contributed by atoms with E-state index in [4.69, 9.17) is 16.3 Å². The van der Waals surface area contributed by atoms with Gasteiger partial charge in [-0.3, -0.25) is 4.90 Å². The second-order valence-electron chi connectivity index (χ2n) is 3.98. The normalized spacial score (nSPS) is 18.6. The van der Waals surface area contributed by atoms with Gasteiger partial charge >= 0.3 is 5.97 Å². The summed E-state index contributed by atoms with van der Waals surface area (Å²) in [6.07, 6.45) is 0. The van der Waals surface area contributed by atoms with E-state index >= 15 is 0 Å². The first-order valence-electron chi connectivity index (χ1n) is 5.61. The number of carbonyl (C=O) groups is 1. The predicted octanol–water partition coefficient (Wildman–Crippen LogP) is 2.28. The molecule has 1 aliphatic heterocycles. The molecule has 0 amide bonds. The van der Waals surface area contributed by atoms with Crippen LogP contribution in [0.4, 0.5) is 0 Å². The van der Waals surface area contributed by atoms with E-state index in [0.717, 1.165) is 35.5 Å². The summed E-state index contributed by atoms with van der Waals surface area (Å²) in [5.74, 6) is -0.234. The Morgan fingerprint density at radius 2 is 2.28 bits per heavy atom. The predicted molar refractivity (Wildman–Crippen MR) is 76.2 cm³/mol. The minimum atomic E-state index is -0.356. The highest BCUT2D eigenvalue weighted by atomic mass is 79.9. The van der Waals surface area contributed by atoms with E-state index in [1.807, 2.05) is 6.07 Å². The lowest BCUT2D eigenvalue weighted by atomic mass is 10.2. The number of hydrogen-bond acceptors (Lipinski definition) is 5. The molecule has 2 heterocycles. The molecule has 0 aromatic carbocycles. The van der Waals surface area contributed by atoms with Crippen molar-refractivity contribution in [2.24, 2.45) is 0 Å². The summed E-state index contributed by atoms with van der Waals surface area (Å²) in [6.45, 7) is 3.42. The molecule has 0 bridgehead atoms. The molecule has 4 nitrogen and oxygen atoms in total. The quantitative estimate of drug-likeness (QED) is 0.847. The van der Waals surface area contributed by atoms with E-state index in [1.165, 1.54) is 18.4 Å². The second-order valence-corrected chi connectivity index (χ2v) is 6.52. The molecule has 1 unspecified atom stereocenters. The summed E-state index contributed by atoms with van der Waals surface area (Å²) >= 11 is 10.8. The van der Waals surface area contributed by atoms with Crippen LogP contribution in [-0.4, -0.2) is 44.2 Å². The zero-order valence-corrected chi connectivity index (χ0v) is 13.1. The van der Waals surface area contributed by atoms with Gasteiger partial charge in [0.15, 0.2) is 0 Å². The molecule has 7 heteroatoms. The maximum absolute atomic E-state index is 12.0. The lowest BCUT2D eigenvalue weighted by Crippen LogP contribution is -2.47. The smallest absolute Gasteiger partial charge is 0.328 e. The maximum Gasteiger partial charge on any atom is 0.328 e. The molecule has 0 radical (unpaired) electrons. The van der Waals surface area contributed by atoms with Crippen molar-refractivity contribution in [2.75, 3.05) is 33.3 Å². The van der Waals surface area contributed by atoms with E-state index in [0.29, 0.717) is 4.34 Å². The van der Waals surface area contributed by atoms with Crippen LogP contribution in [0.1, 0.15) is 10.9 Å². The summed E-state index contributed by atoms with van der Waals surface area (Å²) < 4.78 is 6.40. The van der Waals surface area contributed by atoms with Crippen molar-refractivity contribution >= 4 is 44.8 Å². The van der Waals surface area contributed by atoms with Crippen LogP contribution in [-0.2, 0) is 9.53 Å². The fourth-order valence-corrected chi connectivity index (χ4v) is 3.86. The van der Waals surface area contributed by atoms with Crippen LogP contribution >= 0.6 is 38.9 Å². The summed E-state index contributed by atoms with van der Waals surface area (Å²) in [6, 6.07) is 1.54. The average molecular weight is 354 g/mol. The molecule has 1 aromatic heterocycles. The number of piperazine rings is 1. The number of ether oxygens (including phenoxy) is 1. The van der Waals surface area contributed by atoms with Gasteiger partial charge in [-0.25, -0.2) is 4.79 Å². The van der Waals surface area contributed by atoms with Gasteiger partial charge in [-0.2, -0.15) is 0 Å². The standard InChI is InChI=1S/C11H14BrClN2O2S/c1-17-11(16)9(15-4-2-14-3-5-15)8-6-7(12)10(13)18-8/h6,9,14H,2-5H2,1H3. The Bertz CT molecular complexity index is 415. The maximum atomic E-state index is 12.0. The lowest BCUT2D eigenvalue weighted by molar-refractivity contribution is -0.147. The van der Waals surface area contributed by atoms with Crippen LogP contribution in [0.5, 0.6) is 0 Å². The molecule has 1 saturated heterocycles. The van der Waals surface area contributed by atoms with Crippen LogP contribution in [0.25, 0.3) is 0 Å². The monoisotopic (exact) mass is 352 g/mol. The van der Waals surface area contributed by atoms with Crippen molar-refractivity contribution in [1.82, 2.24) is 10.2 Å². The molecule has 100 valence electrons. The van der Waals surface area contributed by atoms with Crippen LogP contribution in [0.3, 0.4) is 0 Å². The minimum absolute atomic E-state index is 0.234. The lowest BCUT2D eigenvalue weighted by Gasteiger charge is -2.32. The van der Waals surface area contributed by atoms with E-state index in [2.05, 4.69) is 26.1 Å². The fourth-order valence-electron chi connectivity index (χ4n) is 2.00. The van der Waals surface area contributed by atoms with Crippen LogP contribution in [0, 0.1) is 0 Å². The zero-order valence-electron chi connectivity index (χ0n) is 9.91. The molecule has 1 fully saturated rings. The number of halogens is 2. The number of hydrogen-bond donors (Lipinski definition) is 1. The van der Waals surface area contributed by atoms with Crippen LogP contribution in [0.2, 0.25) is 4.34 Å². The molecule has 0 saturated carbocycles.